The summed E-state index contributed by atoms with van der Waals surface area (Å²) in [4.78, 5) is 16.2. The van der Waals surface area contributed by atoms with E-state index in [4.69, 9.17) is 10.1 Å². The van der Waals surface area contributed by atoms with E-state index in [-0.39, 0.29) is 47.9 Å². The molecule has 0 atom stereocenters. The number of pyridine rings is 1. The minimum absolute atomic E-state index is 0. The molecule has 42 heavy (non-hydrogen) atoms. The molecule has 0 unspecified atom stereocenters. The number of carbonyl (C=O) groups is 1. The molecule has 0 aliphatic carbocycles. The van der Waals surface area contributed by atoms with Crippen molar-refractivity contribution in [1.82, 2.24) is 4.98 Å². The van der Waals surface area contributed by atoms with Gasteiger partial charge in [-0.3, -0.25) is 4.79 Å². The number of rotatable bonds is 3. The minimum atomic E-state index is -0.125. The average Bonchev–Trinajstić information content (AvgIpc) is 3.25. The summed E-state index contributed by atoms with van der Waals surface area (Å²) in [5.74, 6) is -0.0625. The van der Waals surface area contributed by atoms with E-state index in [9.17, 15) is 4.79 Å². The number of ketones is 1. The Bertz CT molecular complexity index is 1550. The third-order valence-electron chi connectivity index (χ3n) is 6.91. The van der Waals surface area contributed by atoms with Crippen molar-refractivity contribution in [2.75, 3.05) is 0 Å². The number of aliphatic hydroxyl groups is 1. The molecule has 0 spiro atoms. The Morgan fingerprint density at radius 3 is 1.79 bits per heavy atom. The van der Waals surface area contributed by atoms with Crippen molar-refractivity contribution in [3.8, 4) is 21.7 Å². The first-order chi connectivity index (χ1) is 18.7. The van der Waals surface area contributed by atoms with Crippen molar-refractivity contribution in [1.29, 1.82) is 0 Å². The molecular weight excluding hydrogens is 715 g/mol. The zero-order valence-corrected chi connectivity index (χ0v) is 30.5. The van der Waals surface area contributed by atoms with Crippen LogP contribution < -0.4 is 0 Å². The Kier molecular flexibility index (Phi) is 11.3. The summed E-state index contributed by atoms with van der Waals surface area (Å²) in [7, 11) is 0. The van der Waals surface area contributed by atoms with Crippen molar-refractivity contribution in [2.24, 2.45) is 0 Å². The number of fused-ring (bicyclic) bond motifs is 1. The molecule has 2 aromatic carbocycles. The van der Waals surface area contributed by atoms with Gasteiger partial charge in [-0.05, 0) is 70.7 Å². The van der Waals surface area contributed by atoms with Crippen LogP contribution in [0.3, 0.4) is 0 Å². The molecule has 4 rings (SSSR count). The summed E-state index contributed by atoms with van der Waals surface area (Å²) in [6, 6.07) is 19.7. The Morgan fingerprint density at radius 2 is 1.33 bits per heavy atom. The van der Waals surface area contributed by atoms with E-state index in [0.29, 0.717) is 0 Å². The number of benzene rings is 2. The van der Waals surface area contributed by atoms with Gasteiger partial charge in [0.15, 0.2) is 5.78 Å². The van der Waals surface area contributed by atoms with Crippen molar-refractivity contribution >= 4 is 27.2 Å². The maximum Gasteiger partial charge on any atom is 0.155 e. The van der Waals surface area contributed by atoms with Crippen molar-refractivity contribution in [3.05, 3.63) is 88.8 Å². The van der Waals surface area contributed by atoms with Gasteiger partial charge in [-0.2, -0.15) is 0 Å². The van der Waals surface area contributed by atoms with Gasteiger partial charge >= 0.3 is 0 Å². The fraction of sp³-hybridized carbons (Fsp3) is 0.405. The summed E-state index contributed by atoms with van der Waals surface area (Å²) in [5, 5.41) is 9.56. The van der Waals surface area contributed by atoms with Crippen LogP contribution in [-0.2, 0) is 41.1 Å². The van der Waals surface area contributed by atoms with Gasteiger partial charge in [0, 0.05) is 47.3 Å². The molecule has 0 aliphatic heterocycles. The van der Waals surface area contributed by atoms with Crippen LogP contribution in [0.15, 0.2) is 60.5 Å². The van der Waals surface area contributed by atoms with Gasteiger partial charge in [0.25, 0.3) is 0 Å². The first-order valence-electron chi connectivity index (χ1n) is 14.2. The van der Waals surface area contributed by atoms with Gasteiger partial charge in [0.2, 0.25) is 0 Å². The van der Waals surface area contributed by atoms with E-state index < -0.39 is 0 Å². The quantitative estimate of drug-likeness (QED) is 0.129. The molecule has 0 aliphatic rings. The molecule has 3 nitrogen and oxygen atoms in total. The van der Waals surface area contributed by atoms with E-state index in [0.717, 1.165) is 16.8 Å². The van der Waals surface area contributed by atoms with Gasteiger partial charge < -0.3 is 10.1 Å². The number of aromatic nitrogens is 1. The Balaban J connectivity index is 0.000000687. The van der Waals surface area contributed by atoms with Gasteiger partial charge in [-0.25, -0.2) is 0 Å². The topological polar surface area (TPSA) is 50.2 Å². The first-order valence-corrected chi connectivity index (χ1v) is 15.0. The number of allylic oxidation sites excluding steroid dienone is 2. The molecule has 2 heterocycles. The van der Waals surface area contributed by atoms with Crippen LogP contribution >= 0.6 is 11.3 Å². The van der Waals surface area contributed by atoms with Crippen molar-refractivity contribution in [2.45, 2.75) is 99.3 Å². The number of carbonyl (C=O) groups excluding carboxylic acids is 1. The smallest absolute Gasteiger partial charge is 0.155 e. The Hall–Kier alpha value is -2.59. The van der Waals surface area contributed by atoms with Crippen LogP contribution in [0, 0.1) is 13.0 Å². The van der Waals surface area contributed by atoms with Crippen LogP contribution in [0.25, 0.3) is 31.8 Å². The third-order valence-corrected chi connectivity index (χ3v) is 8.06. The van der Waals surface area contributed by atoms with E-state index >= 15 is 0 Å². The average molecular weight is 761 g/mol. The summed E-state index contributed by atoms with van der Waals surface area (Å²) >= 11 is 1.86. The predicted octanol–water partition coefficient (Wildman–Crippen LogP) is 10.7. The normalized spacial score (nSPS) is 12.4. The van der Waals surface area contributed by atoms with Crippen LogP contribution in [0.2, 0.25) is 0 Å². The summed E-state index contributed by atoms with van der Waals surface area (Å²) in [6.07, 6.45) is 3.19. The molecule has 1 radical (unpaired) electrons. The zero-order chi connectivity index (χ0) is 30.9. The molecular formula is C37H46IrNO2S-. The number of hydrogen-bond acceptors (Lipinski definition) is 4. The molecule has 4 aromatic rings. The number of thiophene rings is 1. The minimum Gasteiger partial charge on any atom is -0.512 e. The van der Waals surface area contributed by atoms with Crippen LogP contribution in [-0.4, -0.2) is 15.9 Å². The van der Waals surface area contributed by atoms with E-state index in [1.54, 1.807) is 0 Å². The van der Waals surface area contributed by atoms with Crippen LogP contribution in [0.1, 0.15) is 98.4 Å². The standard InChI is InChI=1S/C32H38NS.C5H8O2.Ir/c1-20-11-21(13-24(12-20)30(2,3)4)27-18-29-23(19-33-27)16-28(34-29)22-14-25(31(5,6)7)17-26(15-22)32(8,9)10;1-4(6)3-5(2)7;/h12-19H,1-10H3;3,6H,1-2H3;/q-1;;/b;4-3-;. The monoisotopic (exact) mass is 761 g/mol. The van der Waals surface area contributed by atoms with Crippen LogP contribution in [0.5, 0.6) is 0 Å². The fourth-order valence-electron chi connectivity index (χ4n) is 4.44. The maximum atomic E-state index is 10.0. The summed E-state index contributed by atoms with van der Waals surface area (Å²) in [5.41, 5.74) is 8.92. The Morgan fingerprint density at radius 1 is 0.810 bits per heavy atom. The van der Waals surface area contributed by atoms with Crippen molar-refractivity contribution < 1.29 is 30.0 Å². The molecule has 227 valence electrons. The summed E-state index contributed by atoms with van der Waals surface area (Å²) < 4.78 is 1.27. The molecule has 0 fully saturated rings. The van der Waals surface area contributed by atoms with Gasteiger partial charge in [0.1, 0.15) is 0 Å². The molecule has 1 N–H and O–H groups in total. The molecule has 2 aromatic heterocycles. The number of aryl methyl sites for hydroxylation is 1. The van der Waals surface area contributed by atoms with E-state index in [1.165, 1.54) is 57.1 Å². The summed E-state index contributed by atoms with van der Waals surface area (Å²) in [6.45, 7) is 25.5. The van der Waals surface area contributed by atoms with Crippen molar-refractivity contribution in [3.63, 3.8) is 0 Å². The Labute approximate surface area is 270 Å². The van der Waals surface area contributed by atoms with Crippen LogP contribution in [0.4, 0.5) is 0 Å². The number of hydrogen-bond donors (Lipinski definition) is 1. The second kappa shape index (κ2) is 13.4. The molecule has 0 bridgehead atoms. The maximum absolute atomic E-state index is 10.0. The molecule has 0 amide bonds. The van der Waals surface area contributed by atoms with Gasteiger partial charge in [0.05, 0.1) is 5.76 Å². The van der Waals surface area contributed by atoms with E-state index in [1.807, 2.05) is 17.5 Å². The molecule has 0 saturated heterocycles. The zero-order valence-electron chi connectivity index (χ0n) is 27.2. The van der Waals surface area contributed by atoms with E-state index in [2.05, 4.69) is 118 Å². The second-order valence-corrected chi connectivity index (χ2v) is 15.2. The fourth-order valence-corrected chi connectivity index (χ4v) is 5.50. The number of aliphatic hydroxyl groups excluding tert-OH is 1. The predicted molar refractivity (Wildman–Crippen MR) is 177 cm³/mol. The third kappa shape index (κ3) is 9.46. The first kappa shape index (κ1) is 35.6. The largest absolute Gasteiger partial charge is 0.512 e. The SMILES string of the molecule is CC(=O)/C=C(/C)O.Cc1[c-]c(-c2cc3sc(-c4cc(C(C)(C)C)cc(C(C)(C)C)c4)cc3cn2)cc(C(C)(C)C)c1.[Ir]. The molecule has 0 saturated carbocycles. The van der Waals surface area contributed by atoms with Gasteiger partial charge in [-0.1, -0.05) is 81.4 Å². The number of nitrogens with zero attached hydrogens (tertiary/aromatic N) is 1. The molecule has 5 heteroatoms. The second-order valence-electron chi connectivity index (χ2n) is 14.1. The van der Waals surface area contributed by atoms with Gasteiger partial charge in [-0.15, -0.1) is 46.2 Å².